The molecule has 3 aliphatic heterocycles. The van der Waals surface area contributed by atoms with Crippen molar-refractivity contribution in [2.45, 2.75) is 69.7 Å². The van der Waals surface area contributed by atoms with Crippen LogP contribution < -0.4 is 0 Å². The fourth-order valence-electron chi connectivity index (χ4n) is 2.58. The maximum atomic E-state index is 5.62. The summed E-state index contributed by atoms with van der Waals surface area (Å²) in [5.41, 5.74) is -0.140. The number of hydrogen-bond acceptors (Lipinski definition) is 3. The van der Waals surface area contributed by atoms with Crippen LogP contribution in [0.2, 0.25) is 0 Å². The van der Waals surface area contributed by atoms with Gasteiger partial charge in [0.2, 0.25) is 0 Å². The van der Waals surface area contributed by atoms with Crippen LogP contribution in [-0.4, -0.2) is 17.4 Å². The van der Waals surface area contributed by atoms with E-state index in [-0.39, 0.29) is 11.4 Å². The molecule has 3 heterocycles. The topological polar surface area (TPSA) is 34.3 Å². The average molecular weight is 198 g/mol. The van der Waals surface area contributed by atoms with Crippen LogP contribution in [0, 0.1) is 0 Å². The number of rotatable bonds is 6. The standard InChI is InChI=1S/C11H18O3/c1-3-4-5-6-7-8-9(2)10-11(12-9,13-10)14-10/h3-8H2,1-2H3. The first-order chi connectivity index (χ1) is 6.68. The van der Waals surface area contributed by atoms with Crippen LogP contribution in [0.1, 0.15) is 52.4 Å². The van der Waals surface area contributed by atoms with E-state index in [1.807, 2.05) is 0 Å². The summed E-state index contributed by atoms with van der Waals surface area (Å²) in [7, 11) is 0. The zero-order valence-electron chi connectivity index (χ0n) is 8.97. The molecule has 3 nitrogen and oxygen atoms in total. The molecule has 1 atom stereocenters. The summed E-state index contributed by atoms with van der Waals surface area (Å²) in [5, 5.41) is 0. The van der Waals surface area contributed by atoms with Gasteiger partial charge >= 0.3 is 5.97 Å². The molecule has 0 aliphatic carbocycles. The molecule has 1 unspecified atom stereocenters. The molecule has 0 saturated carbocycles. The van der Waals surface area contributed by atoms with Crippen LogP contribution in [-0.2, 0) is 14.2 Å². The van der Waals surface area contributed by atoms with Crippen molar-refractivity contribution < 1.29 is 14.2 Å². The Morgan fingerprint density at radius 2 is 1.64 bits per heavy atom. The Morgan fingerprint density at radius 1 is 0.929 bits per heavy atom. The van der Waals surface area contributed by atoms with Crippen LogP contribution in [0.25, 0.3) is 0 Å². The lowest BCUT2D eigenvalue weighted by Crippen LogP contribution is -2.46. The fourth-order valence-corrected chi connectivity index (χ4v) is 2.58. The number of epoxide rings is 2. The summed E-state index contributed by atoms with van der Waals surface area (Å²) in [4.78, 5) is 0. The van der Waals surface area contributed by atoms with E-state index in [1.165, 1.54) is 32.1 Å². The third kappa shape index (κ3) is 0.884. The quantitative estimate of drug-likeness (QED) is 0.486. The second-order valence-corrected chi connectivity index (χ2v) is 4.87. The van der Waals surface area contributed by atoms with Crippen molar-refractivity contribution in [1.29, 1.82) is 0 Å². The van der Waals surface area contributed by atoms with E-state index in [2.05, 4.69) is 13.8 Å². The highest BCUT2D eigenvalue weighted by Crippen LogP contribution is 2.83. The Bertz CT molecular complexity index is 257. The normalized spacial score (nSPS) is 51.9. The first-order valence-electron chi connectivity index (χ1n) is 5.79. The first-order valence-corrected chi connectivity index (χ1v) is 5.79. The molecule has 0 N–H and O–H groups in total. The Hall–Kier alpha value is -0.120. The molecule has 0 spiro atoms. The number of ether oxygens (including phenoxy) is 3. The molecule has 0 aromatic rings. The predicted molar refractivity (Wildman–Crippen MR) is 50.5 cm³/mol. The Balaban J connectivity index is 1.38. The molecule has 0 amide bonds. The average Bonchev–Trinajstić information content (AvgIpc) is 2.84. The highest BCUT2D eigenvalue weighted by Gasteiger charge is 3.09. The van der Waals surface area contributed by atoms with E-state index in [0.29, 0.717) is 0 Å². The van der Waals surface area contributed by atoms with Crippen molar-refractivity contribution in [3.8, 4) is 0 Å². The Labute approximate surface area is 84.7 Å². The van der Waals surface area contributed by atoms with E-state index in [4.69, 9.17) is 14.2 Å². The monoisotopic (exact) mass is 198 g/mol. The molecule has 0 bridgehead atoms. The summed E-state index contributed by atoms with van der Waals surface area (Å²) in [6.45, 7) is 4.34. The molecule has 3 fully saturated rings. The van der Waals surface area contributed by atoms with Crippen LogP contribution >= 0.6 is 0 Å². The van der Waals surface area contributed by atoms with Crippen molar-refractivity contribution in [3.05, 3.63) is 0 Å². The zero-order chi connectivity index (χ0) is 9.86. The lowest BCUT2D eigenvalue weighted by atomic mass is 9.90. The maximum absolute atomic E-state index is 5.62. The van der Waals surface area contributed by atoms with Crippen molar-refractivity contribution in [2.75, 3.05) is 0 Å². The van der Waals surface area contributed by atoms with Gasteiger partial charge in [0.05, 0.1) is 0 Å². The Morgan fingerprint density at radius 3 is 2.14 bits per heavy atom. The molecular weight excluding hydrogens is 180 g/mol. The second kappa shape index (κ2) is 2.52. The number of hydrogen-bond donors (Lipinski definition) is 0. The van der Waals surface area contributed by atoms with Crippen LogP contribution in [0.4, 0.5) is 0 Å². The van der Waals surface area contributed by atoms with Gasteiger partial charge in [-0.05, 0) is 13.3 Å². The molecule has 0 aromatic carbocycles. The molecule has 14 heavy (non-hydrogen) atoms. The van der Waals surface area contributed by atoms with Crippen molar-refractivity contribution >= 4 is 0 Å². The molecule has 3 aliphatic rings. The summed E-state index contributed by atoms with van der Waals surface area (Å²) in [6.07, 6.45) is 7.58. The van der Waals surface area contributed by atoms with Gasteiger partial charge in [-0.15, -0.1) is 0 Å². The van der Waals surface area contributed by atoms with Crippen molar-refractivity contribution in [1.82, 2.24) is 0 Å². The van der Waals surface area contributed by atoms with E-state index in [1.54, 1.807) is 0 Å². The van der Waals surface area contributed by atoms with Crippen LogP contribution in [0.5, 0.6) is 0 Å². The van der Waals surface area contributed by atoms with Gasteiger partial charge in [0.25, 0.3) is 5.79 Å². The largest absolute Gasteiger partial charge is 0.350 e. The van der Waals surface area contributed by atoms with Gasteiger partial charge < -0.3 is 4.74 Å². The summed E-state index contributed by atoms with van der Waals surface area (Å²) in [5.74, 6) is -0.823. The van der Waals surface area contributed by atoms with E-state index in [9.17, 15) is 0 Å². The highest BCUT2D eigenvalue weighted by atomic mass is 17.2. The van der Waals surface area contributed by atoms with Gasteiger partial charge in [-0.3, -0.25) is 9.47 Å². The van der Waals surface area contributed by atoms with Crippen molar-refractivity contribution in [2.24, 2.45) is 0 Å². The third-order valence-corrected chi connectivity index (χ3v) is 3.69. The van der Waals surface area contributed by atoms with Crippen LogP contribution in [0.15, 0.2) is 0 Å². The minimum atomic E-state index is -0.537. The van der Waals surface area contributed by atoms with Crippen molar-refractivity contribution in [3.63, 3.8) is 0 Å². The molecule has 0 radical (unpaired) electrons. The first kappa shape index (κ1) is 9.13. The van der Waals surface area contributed by atoms with Gasteiger partial charge in [0.1, 0.15) is 5.60 Å². The molecule has 3 saturated heterocycles. The minimum absolute atomic E-state index is 0.140. The fraction of sp³-hybridized carbons (Fsp3) is 1.00. The lowest BCUT2D eigenvalue weighted by Gasteiger charge is -2.28. The molecular formula is C11H18O3. The molecule has 3 heteroatoms. The van der Waals surface area contributed by atoms with E-state index in [0.717, 1.165) is 6.42 Å². The van der Waals surface area contributed by atoms with Gasteiger partial charge in [-0.25, -0.2) is 0 Å². The van der Waals surface area contributed by atoms with Gasteiger partial charge in [-0.1, -0.05) is 39.0 Å². The Kier molecular flexibility index (Phi) is 1.64. The molecule has 80 valence electrons. The summed E-state index contributed by atoms with van der Waals surface area (Å²) in [6, 6.07) is 0. The smallest absolute Gasteiger partial charge is 0.310 e. The van der Waals surface area contributed by atoms with Crippen LogP contribution in [0.3, 0.4) is 0 Å². The summed E-state index contributed by atoms with van der Waals surface area (Å²) < 4.78 is 16.3. The SMILES string of the molecule is CCCCCCCC1(C)OC23OC12O3. The highest BCUT2D eigenvalue weighted by molar-refractivity contribution is 5.30. The summed E-state index contributed by atoms with van der Waals surface area (Å²) >= 11 is 0. The van der Waals surface area contributed by atoms with E-state index >= 15 is 0 Å². The molecule has 3 rings (SSSR count). The van der Waals surface area contributed by atoms with Gasteiger partial charge in [0, 0.05) is 0 Å². The van der Waals surface area contributed by atoms with Gasteiger partial charge in [-0.2, -0.15) is 0 Å². The second-order valence-electron chi connectivity index (χ2n) is 4.87. The predicted octanol–water partition coefficient (Wildman–Crippen LogP) is 2.55. The lowest BCUT2D eigenvalue weighted by molar-refractivity contribution is -0.166. The zero-order valence-corrected chi connectivity index (χ0v) is 8.97. The number of unbranched alkanes of at least 4 members (excludes halogenated alkanes) is 4. The minimum Gasteiger partial charge on any atom is -0.310 e. The van der Waals surface area contributed by atoms with Gasteiger partial charge in [0.15, 0.2) is 0 Å². The van der Waals surface area contributed by atoms with E-state index < -0.39 is 5.97 Å². The molecule has 0 aromatic heterocycles. The third-order valence-electron chi connectivity index (χ3n) is 3.69. The maximum Gasteiger partial charge on any atom is 0.350 e.